The van der Waals surface area contributed by atoms with Gasteiger partial charge in [0, 0.05) is 42.6 Å². The molecule has 0 saturated carbocycles. The first-order chi connectivity index (χ1) is 17.7. The van der Waals surface area contributed by atoms with Crippen LogP contribution < -0.4 is 10.6 Å². The summed E-state index contributed by atoms with van der Waals surface area (Å²) in [4.78, 5) is 27.6. The van der Waals surface area contributed by atoms with E-state index in [1.165, 1.54) is 11.3 Å². The zero-order chi connectivity index (χ0) is 25.9. The minimum Gasteiger partial charge on any atom is -0.355 e. The van der Waals surface area contributed by atoms with Crippen LogP contribution in [0, 0.1) is 0 Å². The zero-order valence-corrected chi connectivity index (χ0v) is 23.9. The third kappa shape index (κ3) is 20.2. The van der Waals surface area contributed by atoms with Gasteiger partial charge in [0.05, 0.1) is 0 Å². The largest absolute Gasteiger partial charge is 0.355 e. The second-order valence-electron chi connectivity index (χ2n) is 7.69. The zero-order valence-electron chi connectivity index (χ0n) is 21.4. The first-order valence-corrected chi connectivity index (χ1v) is 16.0. The Kier molecular flexibility index (Phi) is 21.9. The average Bonchev–Trinajstić information content (AvgIpc) is 3.42. The fourth-order valence-electron chi connectivity index (χ4n) is 2.80. The van der Waals surface area contributed by atoms with Crippen LogP contribution in [0.3, 0.4) is 0 Å². The maximum absolute atomic E-state index is 11.9. The summed E-state index contributed by atoms with van der Waals surface area (Å²) in [7, 11) is 3.40. The van der Waals surface area contributed by atoms with E-state index in [-0.39, 0.29) is 11.8 Å². The van der Waals surface area contributed by atoms with Crippen molar-refractivity contribution < 1.29 is 9.59 Å². The van der Waals surface area contributed by atoms with Gasteiger partial charge in [-0.25, -0.2) is 4.98 Å². The lowest BCUT2D eigenvalue weighted by Gasteiger charge is -2.05. The Morgan fingerprint density at radius 1 is 0.833 bits per heavy atom. The molecule has 0 radical (unpaired) electrons. The normalized spacial score (nSPS) is 12.1. The second-order valence-corrected chi connectivity index (χ2v) is 11.3. The molecule has 0 aliphatic carbocycles. The Hall–Kier alpha value is -2.03. The van der Waals surface area contributed by atoms with E-state index in [1.54, 1.807) is 33.2 Å². The number of thiazole rings is 1. The van der Waals surface area contributed by atoms with Crippen LogP contribution in [0.25, 0.3) is 0 Å². The van der Waals surface area contributed by atoms with Gasteiger partial charge in [-0.3, -0.25) is 9.59 Å². The van der Waals surface area contributed by atoms with Crippen LogP contribution in [0.15, 0.2) is 72.3 Å². The van der Waals surface area contributed by atoms with Gasteiger partial charge in [0.15, 0.2) is 5.01 Å². The molecule has 1 aromatic rings. The van der Waals surface area contributed by atoms with E-state index in [4.69, 9.17) is 0 Å². The van der Waals surface area contributed by atoms with Gasteiger partial charge in [-0.05, 0) is 44.9 Å². The summed E-state index contributed by atoms with van der Waals surface area (Å²) in [5, 5.41) is 8.10. The van der Waals surface area contributed by atoms with Crippen LogP contribution in [-0.2, 0) is 4.79 Å². The molecule has 1 rings (SSSR count). The molecule has 0 unspecified atom stereocenters. The predicted octanol–water partition coefficient (Wildman–Crippen LogP) is 7.29. The number of allylic oxidation sites excluding steroid dienone is 10. The van der Waals surface area contributed by atoms with Gasteiger partial charge in [0.1, 0.15) is 0 Å². The smallest absolute Gasteiger partial charge is 0.280 e. The topological polar surface area (TPSA) is 71.1 Å². The average molecular weight is 548 g/mol. The summed E-state index contributed by atoms with van der Waals surface area (Å²) in [6.07, 6.45) is 30.9. The van der Waals surface area contributed by atoms with E-state index in [0.29, 0.717) is 24.5 Å². The summed E-state index contributed by atoms with van der Waals surface area (Å²) < 4.78 is 0. The highest BCUT2D eigenvalue weighted by Gasteiger charge is 2.06. The second kappa shape index (κ2) is 24.7. The molecule has 36 heavy (non-hydrogen) atoms. The quantitative estimate of drug-likeness (QED) is 0.0960. The molecule has 8 heteroatoms. The number of hydrogen-bond acceptors (Lipinski definition) is 6. The lowest BCUT2D eigenvalue weighted by Crippen LogP contribution is -2.26. The van der Waals surface area contributed by atoms with Crippen molar-refractivity contribution >= 4 is 44.7 Å². The Labute approximate surface area is 229 Å². The number of nitrogens with one attached hydrogen (secondary N) is 2. The van der Waals surface area contributed by atoms with E-state index in [9.17, 15) is 9.59 Å². The van der Waals surface area contributed by atoms with Gasteiger partial charge in [-0.2, -0.15) is 0 Å². The molecule has 198 valence electrons. The molecule has 1 heterocycles. The van der Waals surface area contributed by atoms with Crippen LogP contribution in [0.4, 0.5) is 0 Å². The number of carbonyl (C=O) groups excluding carboxylic acids is 2. The van der Waals surface area contributed by atoms with Gasteiger partial charge in [-0.1, -0.05) is 89.3 Å². The molecule has 2 amide bonds. The van der Waals surface area contributed by atoms with E-state index in [1.807, 2.05) is 0 Å². The van der Waals surface area contributed by atoms with Crippen molar-refractivity contribution in [1.29, 1.82) is 0 Å². The number of nitrogens with zero attached hydrogens (tertiary/aromatic N) is 1. The fraction of sp³-hybridized carbons (Fsp3) is 0.464. The van der Waals surface area contributed by atoms with E-state index >= 15 is 0 Å². The minimum atomic E-state index is -0.118. The number of amides is 2. The summed E-state index contributed by atoms with van der Waals surface area (Å²) in [6.45, 7) is 3.43. The van der Waals surface area contributed by atoms with Crippen molar-refractivity contribution in [3.05, 3.63) is 77.3 Å². The standard InChI is InChI=1S/C28H41N3O2S3/c1-2-3-4-5-6-7-8-9-10-11-12-13-14-15-16-17-18-19-26(32)29-21-24-35-36-25-22-30-27(33)28-31-20-23-34-28/h3-4,6-7,9-10,12-13,15-16,20,23H,2,5,8,11,14,17-19,21-22,24-25H2,1H3,(H,29,32)(H,30,33)/b4-3-,7-6-,10-9-,13-12-,16-15-. The third-order valence-electron chi connectivity index (χ3n) is 4.62. The van der Waals surface area contributed by atoms with Crippen molar-refractivity contribution in [2.45, 2.75) is 58.3 Å². The van der Waals surface area contributed by atoms with Crippen LogP contribution in [-0.4, -0.2) is 41.4 Å². The van der Waals surface area contributed by atoms with Crippen molar-refractivity contribution in [2.24, 2.45) is 0 Å². The van der Waals surface area contributed by atoms with Crippen molar-refractivity contribution in [1.82, 2.24) is 15.6 Å². The van der Waals surface area contributed by atoms with Gasteiger partial charge in [0.2, 0.25) is 5.91 Å². The molecule has 0 bridgehead atoms. The Morgan fingerprint density at radius 2 is 1.39 bits per heavy atom. The Balaban J connectivity index is 1.86. The molecule has 0 atom stereocenters. The first kappa shape index (κ1) is 32.0. The SMILES string of the molecule is CC/C=C\C/C=C\C/C=C\C/C=C\C/C=C\CCCC(=O)NCCSSCCNC(=O)c1nccs1. The van der Waals surface area contributed by atoms with Gasteiger partial charge in [0.25, 0.3) is 5.91 Å². The highest BCUT2D eigenvalue weighted by molar-refractivity contribution is 8.76. The lowest BCUT2D eigenvalue weighted by molar-refractivity contribution is -0.121. The Morgan fingerprint density at radius 3 is 1.94 bits per heavy atom. The third-order valence-corrected chi connectivity index (χ3v) is 7.80. The van der Waals surface area contributed by atoms with Gasteiger partial charge in [-0.15, -0.1) is 11.3 Å². The lowest BCUT2D eigenvalue weighted by atomic mass is 10.2. The molecular weight excluding hydrogens is 507 g/mol. The summed E-state index contributed by atoms with van der Waals surface area (Å²) in [5.74, 6) is 1.67. The molecule has 5 nitrogen and oxygen atoms in total. The molecule has 0 saturated heterocycles. The molecule has 0 aromatic carbocycles. The first-order valence-electron chi connectivity index (χ1n) is 12.7. The predicted molar refractivity (Wildman–Crippen MR) is 161 cm³/mol. The van der Waals surface area contributed by atoms with E-state index in [0.717, 1.165) is 56.5 Å². The molecule has 0 fully saturated rings. The van der Waals surface area contributed by atoms with Gasteiger partial charge < -0.3 is 10.6 Å². The number of rotatable bonds is 21. The van der Waals surface area contributed by atoms with Crippen LogP contribution in [0.5, 0.6) is 0 Å². The number of carbonyl (C=O) groups is 2. The minimum absolute atomic E-state index is 0.115. The van der Waals surface area contributed by atoms with Crippen LogP contribution >= 0.6 is 32.9 Å². The number of hydrogen-bond donors (Lipinski definition) is 2. The monoisotopic (exact) mass is 547 g/mol. The summed E-state index contributed by atoms with van der Waals surface area (Å²) in [5.41, 5.74) is 0. The summed E-state index contributed by atoms with van der Waals surface area (Å²) >= 11 is 1.34. The number of aromatic nitrogens is 1. The van der Waals surface area contributed by atoms with Crippen molar-refractivity contribution in [2.75, 3.05) is 24.6 Å². The van der Waals surface area contributed by atoms with E-state index in [2.05, 4.69) is 83.3 Å². The fourth-order valence-corrected chi connectivity index (χ4v) is 5.17. The molecule has 0 spiro atoms. The number of unbranched alkanes of at least 4 members (excludes halogenated alkanes) is 1. The van der Waals surface area contributed by atoms with Crippen molar-refractivity contribution in [3.63, 3.8) is 0 Å². The molecule has 2 N–H and O–H groups in total. The Bertz CT molecular complexity index is 831. The van der Waals surface area contributed by atoms with Crippen LogP contribution in [0.2, 0.25) is 0 Å². The molecular formula is C28H41N3O2S3. The maximum Gasteiger partial charge on any atom is 0.280 e. The van der Waals surface area contributed by atoms with Gasteiger partial charge >= 0.3 is 0 Å². The molecule has 0 aliphatic heterocycles. The summed E-state index contributed by atoms with van der Waals surface area (Å²) in [6, 6.07) is 0. The van der Waals surface area contributed by atoms with E-state index < -0.39 is 0 Å². The maximum atomic E-state index is 11.9. The highest BCUT2D eigenvalue weighted by atomic mass is 33.1. The highest BCUT2D eigenvalue weighted by Crippen LogP contribution is 2.19. The van der Waals surface area contributed by atoms with Crippen LogP contribution in [0.1, 0.15) is 68.1 Å². The molecule has 0 aliphatic rings. The molecule has 1 aromatic heterocycles. The van der Waals surface area contributed by atoms with Crippen molar-refractivity contribution in [3.8, 4) is 0 Å².